The largest absolute Gasteiger partial charge is 0.481 e. The number of hydrazine groups is 1. The molecule has 9 nitrogen and oxygen atoms in total. The van der Waals surface area contributed by atoms with Gasteiger partial charge in [-0.15, -0.1) is 0 Å². The topological polar surface area (TPSA) is 114 Å². The molecule has 0 radical (unpaired) electrons. The molecule has 2 aromatic rings. The normalized spacial score (nSPS) is 10.1. The van der Waals surface area contributed by atoms with E-state index in [1.54, 1.807) is 18.2 Å². The van der Waals surface area contributed by atoms with Crippen molar-refractivity contribution in [2.75, 3.05) is 36.8 Å². The van der Waals surface area contributed by atoms with Gasteiger partial charge in [0.2, 0.25) is 23.7 Å². The summed E-state index contributed by atoms with van der Waals surface area (Å²) in [5.74, 6) is 7.15. The van der Waals surface area contributed by atoms with E-state index in [0.717, 1.165) is 5.56 Å². The molecule has 112 valence electrons. The number of pyridine rings is 1. The minimum absolute atomic E-state index is 0.295. The molecule has 0 unspecified atom stereocenters. The molecule has 0 saturated heterocycles. The van der Waals surface area contributed by atoms with Crippen LogP contribution < -0.4 is 26.2 Å². The van der Waals surface area contributed by atoms with Gasteiger partial charge in [0.05, 0.1) is 7.11 Å². The molecule has 4 N–H and O–H groups in total. The van der Waals surface area contributed by atoms with Crippen molar-refractivity contribution in [3.8, 4) is 5.88 Å². The molecule has 0 fully saturated rings. The van der Waals surface area contributed by atoms with Gasteiger partial charge in [0.1, 0.15) is 0 Å². The summed E-state index contributed by atoms with van der Waals surface area (Å²) in [5.41, 5.74) is 3.42. The first-order chi connectivity index (χ1) is 10.1. The summed E-state index contributed by atoms with van der Waals surface area (Å²) >= 11 is 0. The van der Waals surface area contributed by atoms with Crippen LogP contribution in [0.4, 0.5) is 17.8 Å². The first kappa shape index (κ1) is 14.7. The van der Waals surface area contributed by atoms with Gasteiger partial charge in [-0.2, -0.15) is 15.0 Å². The molecule has 0 aliphatic heterocycles. The Labute approximate surface area is 122 Å². The van der Waals surface area contributed by atoms with Crippen LogP contribution >= 0.6 is 0 Å². The first-order valence-corrected chi connectivity index (χ1v) is 6.25. The third-order valence-electron chi connectivity index (χ3n) is 2.61. The number of nitrogen functional groups attached to an aromatic ring is 1. The second-order valence-corrected chi connectivity index (χ2v) is 4.38. The highest BCUT2D eigenvalue weighted by atomic mass is 16.5. The maximum Gasteiger partial charge on any atom is 0.243 e. The van der Waals surface area contributed by atoms with Gasteiger partial charge >= 0.3 is 0 Å². The molecule has 0 saturated carbocycles. The molecule has 0 aromatic carbocycles. The summed E-state index contributed by atoms with van der Waals surface area (Å²) in [7, 11) is 5.26. The van der Waals surface area contributed by atoms with Crippen LogP contribution in [0.15, 0.2) is 18.3 Å². The van der Waals surface area contributed by atoms with E-state index in [1.807, 2.05) is 26.2 Å². The predicted molar refractivity (Wildman–Crippen MR) is 80.1 cm³/mol. The van der Waals surface area contributed by atoms with Crippen LogP contribution in [0.5, 0.6) is 5.88 Å². The SMILES string of the molecule is COc1cc(CNc2nc(NN)nc(N(C)C)n2)ccn1. The predicted octanol–water partition coefficient (Wildman–Crippen LogP) is 0.239. The molecule has 2 aromatic heterocycles. The molecule has 0 spiro atoms. The Morgan fingerprint density at radius 3 is 2.67 bits per heavy atom. The van der Waals surface area contributed by atoms with Crippen LogP contribution in [0, 0.1) is 0 Å². The fourth-order valence-electron chi connectivity index (χ4n) is 1.56. The second-order valence-electron chi connectivity index (χ2n) is 4.38. The van der Waals surface area contributed by atoms with Gasteiger partial charge in [0.15, 0.2) is 0 Å². The van der Waals surface area contributed by atoms with Crippen molar-refractivity contribution >= 4 is 17.8 Å². The third kappa shape index (κ3) is 3.89. The molecule has 0 atom stereocenters. The highest BCUT2D eigenvalue weighted by Gasteiger charge is 2.07. The Morgan fingerprint density at radius 2 is 2.00 bits per heavy atom. The van der Waals surface area contributed by atoms with E-state index in [4.69, 9.17) is 10.6 Å². The molecule has 2 rings (SSSR count). The zero-order valence-corrected chi connectivity index (χ0v) is 12.2. The fraction of sp³-hybridized carbons (Fsp3) is 0.333. The number of methoxy groups -OCH3 is 1. The fourth-order valence-corrected chi connectivity index (χ4v) is 1.56. The maximum absolute atomic E-state index is 5.36. The molecular formula is C12H18N8O. The number of hydrogen-bond donors (Lipinski definition) is 3. The average molecular weight is 290 g/mol. The second kappa shape index (κ2) is 6.66. The Hall–Kier alpha value is -2.68. The van der Waals surface area contributed by atoms with Crippen molar-refractivity contribution in [3.63, 3.8) is 0 Å². The van der Waals surface area contributed by atoms with Gasteiger partial charge in [-0.05, 0) is 11.6 Å². The van der Waals surface area contributed by atoms with Crippen LogP contribution in [0.2, 0.25) is 0 Å². The molecule has 0 aliphatic carbocycles. The number of rotatable bonds is 6. The van der Waals surface area contributed by atoms with E-state index in [-0.39, 0.29) is 0 Å². The Kier molecular flexibility index (Phi) is 4.67. The number of ether oxygens (including phenoxy) is 1. The van der Waals surface area contributed by atoms with Crippen molar-refractivity contribution < 1.29 is 4.74 Å². The summed E-state index contributed by atoms with van der Waals surface area (Å²) in [6.45, 7) is 0.528. The first-order valence-electron chi connectivity index (χ1n) is 6.25. The Balaban J connectivity index is 2.13. The van der Waals surface area contributed by atoms with E-state index in [2.05, 4.69) is 30.7 Å². The molecular weight excluding hydrogens is 272 g/mol. The monoisotopic (exact) mass is 290 g/mol. The Morgan fingerprint density at radius 1 is 1.24 bits per heavy atom. The van der Waals surface area contributed by atoms with E-state index < -0.39 is 0 Å². The number of aromatic nitrogens is 4. The highest BCUT2D eigenvalue weighted by molar-refractivity contribution is 5.42. The van der Waals surface area contributed by atoms with Gasteiger partial charge in [0.25, 0.3) is 0 Å². The molecule has 0 bridgehead atoms. The number of hydrogen-bond acceptors (Lipinski definition) is 9. The smallest absolute Gasteiger partial charge is 0.243 e. The van der Waals surface area contributed by atoms with E-state index in [1.165, 1.54) is 0 Å². The summed E-state index contributed by atoms with van der Waals surface area (Å²) < 4.78 is 5.08. The van der Waals surface area contributed by atoms with Crippen molar-refractivity contribution in [3.05, 3.63) is 23.9 Å². The number of nitrogens with zero attached hydrogens (tertiary/aromatic N) is 5. The van der Waals surface area contributed by atoms with Crippen LogP contribution in [0.1, 0.15) is 5.56 Å². The summed E-state index contributed by atoms with van der Waals surface area (Å²) in [5, 5.41) is 3.11. The van der Waals surface area contributed by atoms with Gasteiger partial charge in [-0.1, -0.05) is 0 Å². The standard InChI is InChI=1S/C12H18N8O/c1-20(2)12-17-10(16-11(18-12)19-13)15-7-8-4-5-14-9(6-8)21-3/h4-6H,7,13H2,1-3H3,(H2,15,16,17,18,19). The van der Waals surface area contributed by atoms with Crippen LogP contribution in [-0.2, 0) is 6.54 Å². The number of anilines is 3. The lowest BCUT2D eigenvalue weighted by molar-refractivity contribution is 0.397. The van der Waals surface area contributed by atoms with Gasteiger partial charge in [-0.25, -0.2) is 10.8 Å². The van der Waals surface area contributed by atoms with Crippen LogP contribution in [0.25, 0.3) is 0 Å². The summed E-state index contributed by atoms with van der Waals surface area (Å²) in [6, 6.07) is 3.72. The molecule has 21 heavy (non-hydrogen) atoms. The van der Waals surface area contributed by atoms with Crippen LogP contribution in [-0.4, -0.2) is 41.1 Å². The van der Waals surface area contributed by atoms with Crippen molar-refractivity contribution in [2.45, 2.75) is 6.54 Å². The molecule has 0 aliphatic rings. The van der Waals surface area contributed by atoms with E-state index in [0.29, 0.717) is 30.3 Å². The van der Waals surface area contributed by atoms with Crippen molar-refractivity contribution in [1.82, 2.24) is 19.9 Å². The minimum atomic E-state index is 0.295. The minimum Gasteiger partial charge on any atom is -0.481 e. The van der Waals surface area contributed by atoms with Crippen LogP contribution in [0.3, 0.4) is 0 Å². The third-order valence-corrected chi connectivity index (χ3v) is 2.61. The highest BCUT2D eigenvalue weighted by Crippen LogP contribution is 2.13. The van der Waals surface area contributed by atoms with E-state index >= 15 is 0 Å². The average Bonchev–Trinajstić information content (AvgIpc) is 2.52. The van der Waals surface area contributed by atoms with Crippen molar-refractivity contribution in [2.24, 2.45) is 5.84 Å². The maximum atomic E-state index is 5.36. The summed E-state index contributed by atoms with van der Waals surface area (Å²) in [4.78, 5) is 18.4. The quantitative estimate of drug-likeness (QED) is 0.508. The lowest BCUT2D eigenvalue weighted by Crippen LogP contribution is -2.19. The summed E-state index contributed by atoms with van der Waals surface area (Å²) in [6.07, 6.45) is 1.68. The molecule has 2 heterocycles. The number of nitrogens with one attached hydrogen (secondary N) is 2. The lowest BCUT2D eigenvalue weighted by Gasteiger charge is -2.13. The molecule has 0 amide bonds. The van der Waals surface area contributed by atoms with Gasteiger partial charge < -0.3 is 15.0 Å². The Bertz CT molecular complexity index is 604. The lowest BCUT2D eigenvalue weighted by atomic mass is 10.2. The number of nitrogens with two attached hydrogens (primary N) is 1. The zero-order chi connectivity index (χ0) is 15.2. The zero-order valence-electron chi connectivity index (χ0n) is 12.2. The van der Waals surface area contributed by atoms with E-state index in [9.17, 15) is 0 Å². The molecule has 9 heteroatoms. The van der Waals surface area contributed by atoms with Gasteiger partial charge in [0, 0.05) is 32.9 Å². The van der Waals surface area contributed by atoms with Crippen molar-refractivity contribution in [1.29, 1.82) is 0 Å². The van der Waals surface area contributed by atoms with Gasteiger partial charge in [-0.3, -0.25) is 5.43 Å².